The van der Waals surface area contributed by atoms with Crippen molar-refractivity contribution in [2.75, 3.05) is 0 Å². The Morgan fingerprint density at radius 3 is 2.18 bits per heavy atom. The Balaban J connectivity index is 1.60. The van der Waals surface area contributed by atoms with Crippen molar-refractivity contribution < 1.29 is 24.7 Å². The van der Waals surface area contributed by atoms with E-state index in [2.05, 4.69) is 5.32 Å². The molecule has 0 aliphatic heterocycles. The fourth-order valence-electron chi connectivity index (χ4n) is 2.67. The maximum atomic E-state index is 12.4. The van der Waals surface area contributed by atoms with Gasteiger partial charge in [-0.1, -0.05) is 48.5 Å². The summed E-state index contributed by atoms with van der Waals surface area (Å²) in [5, 5.41) is 31.8. The standard InChI is InChI=1S/C20H18BNO5S/c23-19(24)9-13-1-3-14(4-2-13)11-22-20(25)18-10-16(12-28-18)15-5-7-17(8-6-15)21(26)27/h1-8,10,12,26-27H,9,11H2,(H,22,25)(H,23,24). The van der Waals surface area contributed by atoms with E-state index < -0.39 is 13.1 Å². The fourth-order valence-corrected chi connectivity index (χ4v) is 3.51. The average Bonchev–Trinajstić information content (AvgIpc) is 3.17. The van der Waals surface area contributed by atoms with Crippen molar-refractivity contribution in [3.05, 3.63) is 76.0 Å². The van der Waals surface area contributed by atoms with Crippen molar-refractivity contribution >= 4 is 35.8 Å². The second-order valence-electron chi connectivity index (χ2n) is 6.26. The first-order valence-electron chi connectivity index (χ1n) is 8.55. The summed E-state index contributed by atoms with van der Waals surface area (Å²) < 4.78 is 0. The number of hydrogen-bond acceptors (Lipinski definition) is 5. The Morgan fingerprint density at radius 2 is 1.57 bits per heavy atom. The SMILES string of the molecule is O=C(O)Cc1ccc(CNC(=O)c2cc(-c3ccc(B(O)O)cc3)cs2)cc1. The summed E-state index contributed by atoms with van der Waals surface area (Å²) >= 11 is 1.33. The van der Waals surface area contributed by atoms with Gasteiger partial charge in [0.15, 0.2) is 0 Å². The van der Waals surface area contributed by atoms with Crippen LogP contribution in [0.2, 0.25) is 0 Å². The summed E-state index contributed by atoms with van der Waals surface area (Å²) in [5.74, 6) is -1.06. The van der Waals surface area contributed by atoms with Crippen molar-refractivity contribution in [3.8, 4) is 11.1 Å². The number of nitrogens with one attached hydrogen (secondary N) is 1. The Kier molecular flexibility index (Phi) is 6.25. The summed E-state index contributed by atoms with van der Waals surface area (Å²) in [6.45, 7) is 0.350. The van der Waals surface area contributed by atoms with Crippen LogP contribution in [-0.2, 0) is 17.8 Å². The third-order valence-electron chi connectivity index (χ3n) is 4.20. The van der Waals surface area contributed by atoms with Gasteiger partial charge in [-0.25, -0.2) is 0 Å². The third-order valence-corrected chi connectivity index (χ3v) is 5.13. The smallest absolute Gasteiger partial charge is 0.481 e. The topological polar surface area (TPSA) is 107 Å². The van der Waals surface area contributed by atoms with E-state index in [4.69, 9.17) is 15.2 Å². The molecule has 0 atom stereocenters. The van der Waals surface area contributed by atoms with Gasteiger partial charge in [0, 0.05) is 6.54 Å². The largest absolute Gasteiger partial charge is 0.488 e. The Morgan fingerprint density at radius 1 is 0.929 bits per heavy atom. The van der Waals surface area contributed by atoms with Crippen molar-refractivity contribution in [1.29, 1.82) is 0 Å². The van der Waals surface area contributed by atoms with E-state index in [1.807, 2.05) is 5.38 Å². The van der Waals surface area contributed by atoms with E-state index >= 15 is 0 Å². The molecule has 4 N–H and O–H groups in total. The van der Waals surface area contributed by atoms with E-state index in [-0.39, 0.29) is 12.3 Å². The van der Waals surface area contributed by atoms with Crippen LogP contribution in [-0.4, -0.2) is 34.1 Å². The van der Waals surface area contributed by atoms with Gasteiger partial charge >= 0.3 is 13.1 Å². The number of carboxylic acid groups (broad SMARTS) is 1. The number of rotatable bonds is 7. The summed E-state index contributed by atoms with van der Waals surface area (Å²) in [7, 11) is -1.50. The highest BCUT2D eigenvalue weighted by molar-refractivity contribution is 7.12. The molecular weight excluding hydrogens is 377 g/mol. The van der Waals surface area contributed by atoms with Crippen LogP contribution >= 0.6 is 11.3 Å². The van der Waals surface area contributed by atoms with E-state index in [1.54, 1.807) is 54.6 Å². The number of carbonyl (C=O) groups excluding carboxylic acids is 1. The van der Waals surface area contributed by atoms with Gasteiger partial charge in [0.1, 0.15) is 0 Å². The van der Waals surface area contributed by atoms with Crippen LogP contribution in [0, 0.1) is 0 Å². The molecule has 0 aliphatic rings. The van der Waals surface area contributed by atoms with Crippen LogP contribution in [0.25, 0.3) is 11.1 Å². The van der Waals surface area contributed by atoms with E-state index in [0.29, 0.717) is 22.4 Å². The molecule has 0 aliphatic carbocycles. The Labute approximate surface area is 166 Å². The zero-order valence-electron chi connectivity index (χ0n) is 14.8. The lowest BCUT2D eigenvalue weighted by molar-refractivity contribution is -0.136. The quantitative estimate of drug-likeness (QED) is 0.455. The minimum absolute atomic E-state index is 0.0249. The molecule has 6 nitrogen and oxygen atoms in total. The maximum absolute atomic E-state index is 12.4. The summed E-state index contributed by atoms with van der Waals surface area (Å²) in [4.78, 5) is 23.6. The van der Waals surface area contributed by atoms with Crippen LogP contribution in [0.15, 0.2) is 60.0 Å². The van der Waals surface area contributed by atoms with Gasteiger partial charge in [0.25, 0.3) is 5.91 Å². The molecule has 3 aromatic rings. The third kappa shape index (κ3) is 5.07. The first kappa shape index (κ1) is 19.8. The lowest BCUT2D eigenvalue weighted by atomic mass is 9.80. The molecule has 28 heavy (non-hydrogen) atoms. The molecule has 2 aromatic carbocycles. The highest BCUT2D eigenvalue weighted by atomic mass is 32.1. The number of aliphatic carboxylic acids is 1. The zero-order valence-corrected chi connectivity index (χ0v) is 15.6. The second-order valence-corrected chi connectivity index (χ2v) is 7.18. The summed E-state index contributed by atoms with van der Waals surface area (Å²) in [6, 6.07) is 15.7. The number of benzene rings is 2. The van der Waals surface area contributed by atoms with E-state index in [1.165, 1.54) is 11.3 Å². The van der Waals surface area contributed by atoms with Crippen LogP contribution < -0.4 is 10.8 Å². The first-order chi connectivity index (χ1) is 13.4. The number of hydrogen-bond donors (Lipinski definition) is 4. The highest BCUT2D eigenvalue weighted by Gasteiger charge is 2.13. The van der Waals surface area contributed by atoms with Crippen molar-refractivity contribution in [1.82, 2.24) is 5.32 Å². The van der Waals surface area contributed by atoms with Gasteiger partial charge in [-0.2, -0.15) is 0 Å². The minimum atomic E-state index is -1.50. The van der Waals surface area contributed by atoms with Gasteiger partial charge in [0.2, 0.25) is 0 Å². The van der Waals surface area contributed by atoms with Crippen molar-refractivity contribution in [3.63, 3.8) is 0 Å². The number of amides is 1. The lowest BCUT2D eigenvalue weighted by Crippen LogP contribution is -2.29. The minimum Gasteiger partial charge on any atom is -0.481 e. The molecule has 0 saturated heterocycles. The molecule has 0 saturated carbocycles. The maximum Gasteiger partial charge on any atom is 0.488 e. The molecule has 0 radical (unpaired) electrons. The fraction of sp³-hybridized carbons (Fsp3) is 0.100. The van der Waals surface area contributed by atoms with Crippen LogP contribution in [0.4, 0.5) is 0 Å². The lowest BCUT2D eigenvalue weighted by Gasteiger charge is -2.05. The predicted molar refractivity (Wildman–Crippen MR) is 109 cm³/mol. The van der Waals surface area contributed by atoms with Crippen LogP contribution in [0.5, 0.6) is 0 Å². The van der Waals surface area contributed by atoms with Gasteiger partial charge in [-0.05, 0) is 39.2 Å². The molecule has 3 rings (SSSR count). The normalized spacial score (nSPS) is 10.5. The molecule has 0 unspecified atom stereocenters. The highest BCUT2D eigenvalue weighted by Crippen LogP contribution is 2.25. The molecule has 0 bridgehead atoms. The van der Waals surface area contributed by atoms with Gasteiger partial charge in [-0.3, -0.25) is 9.59 Å². The van der Waals surface area contributed by atoms with Gasteiger partial charge in [0.05, 0.1) is 11.3 Å². The number of thiophene rings is 1. The van der Waals surface area contributed by atoms with Crippen LogP contribution in [0.1, 0.15) is 20.8 Å². The van der Waals surface area contributed by atoms with Crippen molar-refractivity contribution in [2.24, 2.45) is 0 Å². The number of carbonyl (C=O) groups is 2. The zero-order chi connectivity index (χ0) is 20.1. The van der Waals surface area contributed by atoms with Crippen LogP contribution in [0.3, 0.4) is 0 Å². The molecule has 0 fully saturated rings. The molecule has 142 valence electrons. The molecule has 1 heterocycles. The van der Waals surface area contributed by atoms with E-state index in [0.717, 1.165) is 16.7 Å². The Bertz CT molecular complexity index is 967. The van der Waals surface area contributed by atoms with E-state index in [9.17, 15) is 9.59 Å². The molecular formula is C20H18BNO5S. The second kappa shape index (κ2) is 8.84. The monoisotopic (exact) mass is 395 g/mol. The Hall–Kier alpha value is -2.94. The predicted octanol–water partition coefficient (Wildman–Crippen LogP) is 1.65. The summed E-state index contributed by atoms with van der Waals surface area (Å²) in [5.41, 5.74) is 3.77. The molecule has 1 amide bonds. The van der Waals surface area contributed by atoms with Gasteiger partial charge < -0.3 is 20.5 Å². The van der Waals surface area contributed by atoms with Gasteiger partial charge in [-0.15, -0.1) is 11.3 Å². The molecule has 1 aromatic heterocycles. The first-order valence-corrected chi connectivity index (χ1v) is 9.43. The number of carboxylic acids is 1. The molecule has 8 heteroatoms. The van der Waals surface area contributed by atoms with Crippen molar-refractivity contribution in [2.45, 2.75) is 13.0 Å². The molecule has 0 spiro atoms. The average molecular weight is 395 g/mol. The summed E-state index contributed by atoms with van der Waals surface area (Å²) in [6.07, 6.45) is -0.0249.